The van der Waals surface area contributed by atoms with E-state index < -0.39 is 0 Å². The van der Waals surface area contributed by atoms with Crippen LogP contribution in [0, 0.1) is 12.3 Å². The third-order valence-corrected chi connectivity index (χ3v) is 1.79. The van der Waals surface area contributed by atoms with Gasteiger partial charge in [0.05, 0.1) is 5.92 Å². The molecule has 2 atom stereocenters. The highest BCUT2D eigenvalue weighted by molar-refractivity contribution is 5.72. The van der Waals surface area contributed by atoms with E-state index in [1.807, 2.05) is 34.1 Å². The number of esters is 1. The van der Waals surface area contributed by atoms with Crippen LogP contribution in [0.15, 0.2) is 0 Å². The molecular weight excluding hydrogens is 140 g/mol. The van der Waals surface area contributed by atoms with Gasteiger partial charge in [-0.2, -0.15) is 0 Å². The van der Waals surface area contributed by atoms with Gasteiger partial charge in [0, 0.05) is 0 Å². The largest absolute Gasteiger partial charge is 0.462 e. The zero-order valence-electron chi connectivity index (χ0n) is 7.76. The van der Waals surface area contributed by atoms with Crippen molar-refractivity contribution in [3.63, 3.8) is 0 Å². The van der Waals surface area contributed by atoms with E-state index in [9.17, 15) is 4.79 Å². The molecule has 2 nitrogen and oxygen atoms in total. The number of carbonyl (C=O) groups is 1. The third kappa shape index (κ3) is 4.02. The van der Waals surface area contributed by atoms with Crippen molar-refractivity contribution in [2.45, 2.75) is 40.2 Å². The molecule has 0 bridgehead atoms. The van der Waals surface area contributed by atoms with Crippen molar-refractivity contribution in [1.29, 1.82) is 0 Å². The van der Waals surface area contributed by atoms with Crippen LogP contribution in [0.25, 0.3) is 0 Å². The number of hydrogen-bond donors (Lipinski definition) is 0. The van der Waals surface area contributed by atoms with Crippen molar-refractivity contribution in [1.82, 2.24) is 0 Å². The summed E-state index contributed by atoms with van der Waals surface area (Å²) in [5.74, 6) is -0.0736. The highest BCUT2D eigenvalue weighted by atomic mass is 16.5. The molecule has 0 aromatic heterocycles. The van der Waals surface area contributed by atoms with E-state index in [-0.39, 0.29) is 18.0 Å². The molecule has 0 rings (SSSR count). The molecule has 0 amide bonds. The molecule has 0 aliphatic rings. The average molecular weight is 157 g/mol. The van der Waals surface area contributed by atoms with Gasteiger partial charge in [-0.3, -0.25) is 4.79 Å². The summed E-state index contributed by atoms with van der Waals surface area (Å²) in [4.78, 5) is 11.1. The molecule has 2 heteroatoms. The standard InChI is InChI=1S/C9H17O2/c1-5-7(3)9(10)11-8(4)6-2/h6-8H,5H2,1-4H3/t7-,8+/m1/s1. The second kappa shape index (κ2) is 5.16. The van der Waals surface area contributed by atoms with E-state index >= 15 is 0 Å². The molecule has 0 aromatic carbocycles. The molecule has 0 N–H and O–H groups in total. The van der Waals surface area contributed by atoms with Crippen LogP contribution in [-0.4, -0.2) is 12.1 Å². The van der Waals surface area contributed by atoms with E-state index in [1.54, 1.807) is 0 Å². The predicted octanol–water partition coefficient (Wildman–Crippen LogP) is 2.19. The number of rotatable bonds is 4. The van der Waals surface area contributed by atoms with Crippen molar-refractivity contribution >= 4 is 5.97 Å². The third-order valence-electron chi connectivity index (χ3n) is 1.79. The zero-order chi connectivity index (χ0) is 8.85. The summed E-state index contributed by atoms with van der Waals surface area (Å²) in [6, 6.07) is 0. The van der Waals surface area contributed by atoms with Crippen molar-refractivity contribution < 1.29 is 9.53 Å². The first-order valence-electron chi connectivity index (χ1n) is 4.11. The summed E-state index contributed by atoms with van der Waals surface area (Å²) in [5, 5.41) is 0. The zero-order valence-corrected chi connectivity index (χ0v) is 7.76. The maximum absolute atomic E-state index is 11.1. The topological polar surface area (TPSA) is 26.3 Å². The molecule has 0 heterocycles. The minimum absolute atomic E-state index is 0.0254. The van der Waals surface area contributed by atoms with Gasteiger partial charge in [0.1, 0.15) is 6.10 Å². The van der Waals surface area contributed by atoms with Crippen LogP contribution in [0.1, 0.15) is 34.1 Å². The first-order valence-corrected chi connectivity index (χ1v) is 4.11. The van der Waals surface area contributed by atoms with E-state index in [0.29, 0.717) is 0 Å². The van der Waals surface area contributed by atoms with E-state index in [1.165, 1.54) is 0 Å². The molecule has 65 valence electrons. The fourth-order valence-electron chi connectivity index (χ4n) is 0.534. The van der Waals surface area contributed by atoms with Gasteiger partial charge >= 0.3 is 5.97 Å². The first-order chi connectivity index (χ1) is 5.11. The lowest BCUT2D eigenvalue weighted by atomic mass is 10.1. The maximum atomic E-state index is 11.1. The average Bonchev–Trinajstić information content (AvgIpc) is 2.02. The van der Waals surface area contributed by atoms with Gasteiger partial charge < -0.3 is 4.74 Å². The number of hydrogen-bond acceptors (Lipinski definition) is 2. The van der Waals surface area contributed by atoms with Crippen molar-refractivity contribution in [3.05, 3.63) is 6.42 Å². The number of carbonyl (C=O) groups excluding carboxylic acids is 1. The van der Waals surface area contributed by atoms with Crippen LogP contribution in [0.3, 0.4) is 0 Å². The molecule has 0 fully saturated rings. The Morgan fingerprint density at radius 1 is 1.55 bits per heavy atom. The molecule has 0 saturated heterocycles. The minimum Gasteiger partial charge on any atom is -0.462 e. The summed E-state index contributed by atoms with van der Waals surface area (Å²) in [7, 11) is 0. The van der Waals surface area contributed by atoms with Crippen LogP contribution < -0.4 is 0 Å². The normalized spacial score (nSPS) is 15.6. The molecule has 0 aliphatic heterocycles. The first kappa shape index (κ1) is 10.5. The Balaban J connectivity index is 3.68. The van der Waals surface area contributed by atoms with Gasteiger partial charge in [-0.1, -0.05) is 20.8 Å². The molecule has 1 radical (unpaired) electrons. The van der Waals surface area contributed by atoms with E-state index in [4.69, 9.17) is 4.74 Å². The monoisotopic (exact) mass is 157 g/mol. The molecular formula is C9H17O2. The van der Waals surface area contributed by atoms with Crippen LogP contribution in [-0.2, 0) is 9.53 Å². The Labute approximate surface area is 68.9 Å². The van der Waals surface area contributed by atoms with Crippen LogP contribution in [0.5, 0.6) is 0 Å². The van der Waals surface area contributed by atoms with Crippen molar-refractivity contribution in [3.8, 4) is 0 Å². The Morgan fingerprint density at radius 3 is 2.45 bits per heavy atom. The minimum atomic E-state index is -0.0990. The Hall–Kier alpha value is -0.530. The van der Waals surface area contributed by atoms with E-state index in [0.717, 1.165) is 6.42 Å². The second-order valence-corrected chi connectivity index (χ2v) is 2.78. The summed E-state index contributed by atoms with van der Waals surface area (Å²) < 4.78 is 5.06. The summed E-state index contributed by atoms with van der Waals surface area (Å²) in [5.41, 5.74) is 0. The Kier molecular flexibility index (Phi) is 4.92. The quantitative estimate of drug-likeness (QED) is 0.585. The van der Waals surface area contributed by atoms with Gasteiger partial charge in [0.15, 0.2) is 0 Å². The van der Waals surface area contributed by atoms with Crippen LogP contribution in [0.4, 0.5) is 0 Å². The fraction of sp³-hybridized carbons (Fsp3) is 0.778. The van der Waals surface area contributed by atoms with Crippen LogP contribution in [0.2, 0.25) is 0 Å². The van der Waals surface area contributed by atoms with Gasteiger partial charge in [-0.25, -0.2) is 0 Å². The lowest BCUT2D eigenvalue weighted by Gasteiger charge is -2.13. The molecule has 0 unspecified atom stereocenters. The lowest BCUT2D eigenvalue weighted by molar-refractivity contribution is -0.151. The Bertz CT molecular complexity index is 121. The lowest BCUT2D eigenvalue weighted by Crippen LogP contribution is -2.19. The molecule has 0 spiro atoms. The van der Waals surface area contributed by atoms with E-state index in [2.05, 4.69) is 0 Å². The van der Waals surface area contributed by atoms with Gasteiger partial charge in [0.2, 0.25) is 0 Å². The highest BCUT2D eigenvalue weighted by Gasteiger charge is 2.13. The number of ether oxygens (including phenoxy) is 1. The SMILES string of the molecule is C[CH][C@H](C)OC(=O)[C@H](C)CC. The van der Waals surface area contributed by atoms with Gasteiger partial charge in [-0.05, 0) is 19.8 Å². The van der Waals surface area contributed by atoms with Crippen molar-refractivity contribution in [2.24, 2.45) is 5.92 Å². The smallest absolute Gasteiger partial charge is 0.308 e. The van der Waals surface area contributed by atoms with Gasteiger partial charge in [0.25, 0.3) is 0 Å². The summed E-state index contributed by atoms with van der Waals surface area (Å²) >= 11 is 0. The highest BCUT2D eigenvalue weighted by Crippen LogP contribution is 2.06. The Morgan fingerprint density at radius 2 is 2.09 bits per heavy atom. The molecule has 11 heavy (non-hydrogen) atoms. The van der Waals surface area contributed by atoms with Gasteiger partial charge in [-0.15, -0.1) is 0 Å². The van der Waals surface area contributed by atoms with Crippen LogP contribution >= 0.6 is 0 Å². The van der Waals surface area contributed by atoms with Crippen molar-refractivity contribution in [2.75, 3.05) is 0 Å². The predicted molar refractivity (Wildman–Crippen MR) is 45.0 cm³/mol. The molecule has 0 aromatic rings. The molecule has 0 saturated carbocycles. The fourth-order valence-corrected chi connectivity index (χ4v) is 0.534. The maximum Gasteiger partial charge on any atom is 0.308 e. The second-order valence-electron chi connectivity index (χ2n) is 2.78. The molecule has 0 aliphatic carbocycles. The summed E-state index contributed by atoms with van der Waals surface area (Å²) in [6.45, 7) is 7.60. The summed E-state index contributed by atoms with van der Waals surface area (Å²) in [6.07, 6.45) is 2.65.